The van der Waals surface area contributed by atoms with E-state index in [1.54, 1.807) is 24.4 Å². The number of rotatable bonds is 6. The van der Waals surface area contributed by atoms with Crippen LogP contribution in [0.4, 0.5) is 26.4 Å². The van der Waals surface area contributed by atoms with Gasteiger partial charge in [-0.25, -0.2) is 18.7 Å². The second-order valence-electron chi connectivity index (χ2n) is 9.64. The fourth-order valence-corrected chi connectivity index (χ4v) is 5.55. The molecule has 2 aromatic heterocycles. The predicted octanol–water partition coefficient (Wildman–Crippen LogP) is 6.08. The minimum absolute atomic E-state index is 0.0234. The summed E-state index contributed by atoms with van der Waals surface area (Å²) in [5, 5.41) is 7.48. The quantitative estimate of drug-likeness (QED) is 0.351. The molecular weight excluding hydrogens is 511 g/mol. The van der Waals surface area contributed by atoms with Gasteiger partial charge in [0.2, 0.25) is 23.7 Å². The lowest BCUT2D eigenvalue weighted by Crippen LogP contribution is -2.32. The fraction of sp³-hybridized carbons (Fsp3) is 0.500. The fourth-order valence-electron chi connectivity index (χ4n) is 5.09. The molecule has 2 aliphatic carbocycles. The van der Waals surface area contributed by atoms with E-state index in [4.69, 9.17) is 38.9 Å². The summed E-state index contributed by atoms with van der Waals surface area (Å²) >= 11 is 12.4. The van der Waals surface area contributed by atoms with E-state index in [0.29, 0.717) is 64.5 Å². The molecule has 2 saturated carbocycles. The summed E-state index contributed by atoms with van der Waals surface area (Å²) in [6, 6.07) is 5.06. The SMILES string of the molecule is NC(=O)[C@H]1CC[C@@H](n2c(Nc3ccc(Cl)cc3Cl)nc3cnc(NC4CCC(F)(F)CC4)nc32)CC1. The van der Waals surface area contributed by atoms with Gasteiger partial charge in [0.25, 0.3) is 0 Å². The van der Waals surface area contributed by atoms with E-state index < -0.39 is 5.92 Å². The Labute approximate surface area is 217 Å². The number of nitrogens with zero attached hydrogens (tertiary/aromatic N) is 4. The molecule has 4 N–H and O–H groups in total. The Morgan fingerprint density at radius 2 is 1.81 bits per heavy atom. The number of nitrogens with one attached hydrogen (secondary N) is 2. The highest BCUT2D eigenvalue weighted by Crippen LogP contribution is 2.38. The summed E-state index contributed by atoms with van der Waals surface area (Å²) in [6.45, 7) is 0. The maximum absolute atomic E-state index is 13.6. The van der Waals surface area contributed by atoms with E-state index in [-0.39, 0.29) is 36.8 Å². The molecular formula is C24H27Cl2F2N7O. The van der Waals surface area contributed by atoms with Crippen molar-refractivity contribution in [2.24, 2.45) is 11.7 Å². The first-order chi connectivity index (χ1) is 17.2. The third-order valence-electron chi connectivity index (χ3n) is 7.12. The van der Waals surface area contributed by atoms with Gasteiger partial charge in [-0.2, -0.15) is 4.98 Å². The first-order valence-corrected chi connectivity index (χ1v) is 12.8. The van der Waals surface area contributed by atoms with Gasteiger partial charge in [0, 0.05) is 35.9 Å². The van der Waals surface area contributed by atoms with Crippen molar-refractivity contribution in [2.45, 2.75) is 69.4 Å². The van der Waals surface area contributed by atoms with Crippen LogP contribution in [0, 0.1) is 5.92 Å². The van der Waals surface area contributed by atoms with Crippen LogP contribution < -0.4 is 16.4 Å². The van der Waals surface area contributed by atoms with Crippen molar-refractivity contribution in [1.82, 2.24) is 19.5 Å². The van der Waals surface area contributed by atoms with Crippen LogP contribution in [-0.2, 0) is 4.79 Å². The molecule has 2 aliphatic rings. The normalized spacial score (nSPS) is 22.4. The molecule has 5 rings (SSSR count). The average molecular weight is 538 g/mol. The maximum Gasteiger partial charge on any atom is 0.248 e. The molecule has 1 aromatic carbocycles. The summed E-state index contributed by atoms with van der Waals surface area (Å²) in [5.74, 6) is -2.10. The molecule has 0 saturated heterocycles. The number of carbonyl (C=O) groups is 1. The van der Waals surface area contributed by atoms with Crippen LogP contribution in [0.25, 0.3) is 11.2 Å². The van der Waals surface area contributed by atoms with Crippen molar-refractivity contribution in [3.8, 4) is 0 Å². The zero-order valence-electron chi connectivity index (χ0n) is 19.5. The summed E-state index contributed by atoms with van der Waals surface area (Å²) < 4.78 is 29.2. The number of alkyl halides is 2. The van der Waals surface area contributed by atoms with Gasteiger partial charge in [0.1, 0.15) is 5.52 Å². The van der Waals surface area contributed by atoms with E-state index in [1.807, 2.05) is 4.57 Å². The average Bonchev–Trinajstić information content (AvgIpc) is 3.19. The Hall–Kier alpha value is -2.72. The van der Waals surface area contributed by atoms with Gasteiger partial charge in [0.05, 0.1) is 16.9 Å². The number of fused-ring (bicyclic) bond motifs is 1. The van der Waals surface area contributed by atoms with E-state index in [0.717, 1.165) is 12.8 Å². The highest BCUT2D eigenvalue weighted by molar-refractivity contribution is 6.36. The smallest absolute Gasteiger partial charge is 0.248 e. The predicted molar refractivity (Wildman–Crippen MR) is 136 cm³/mol. The molecule has 0 bridgehead atoms. The molecule has 0 atom stereocenters. The van der Waals surface area contributed by atoms with E-state index in [2.05, 4.69) is 15.6 Å². The summed E-state index contributed by atoms with van der Waals surface area (Å²) in [5.41, 5.74) is 7.37. The molecule has 192 valence electrons. The monoisotopic (exact) mass is 537 g/mol. The molecule has 0 radical (unpaired) electrons. The largest absolute Gasteiger partial charge is 0.369 e. The Morgan fingerprint density at radius 3 is 2.47 bits per heavy atom. The number of imidazole rings is 1. The van der Waals surface area contributed by atoms with Gasteiger partial charge in [-0.15, -0.1) is 0 Å². The Balaban J connectivity index is 1.47. The second-order valence-corrected chi connectivity index (χ2v) is 10.5. The number of amides is 1. The zero-order chi connectivity index (χ0) is 25.4. The summed E-state index contributed by atoms with van der Waals surface area (Å²) in [4.78, 5) is 25.6. The zero-order valence-corrected chi connectivity index (χ0v) is 21.0. The number of hydrogen-bond donors (Lipinski definition) is 3. The van der Waals surface area contributed by atoms with Gasteiger partial charge in [-0.05, 0) is 56.7 Å². The minimum atomic E-state index is -2.60. The molecule has 8 nitrogen and oxygen atoms in total. The molecule has 2 heterocycles. The number of nitrogens with two attached hydrogens (primary N) is 1. The molecule has 36 heavy (non-hydrogen) atoms. The van der Waals surface area contributed by atoms with Crippen molar-refractivity contribution in [3.05, 3.63) is 34.4 Å². The molecule has 2 fully saturated rings. The van der Waals surface area contributed by atoms with Crippen molar-refractivity contribution in [2.75, 3.05) is 10.6 Å². The second kappa shape index (κ2) is 9.97. The first-order valence-electron chi connectivity index (χ1n) is 12.1. The van der Waals surface area contributed by atoms with E-state index >= 15 is 0 Å². The third kappa shape index (κ3) is 5.34. The maximum atomic E-state index is 13.6. The summed E-state index contributed by atoms with van der Waals surface area (Å²) in [7, 11) is 0. The van der Waals surface area contributed by atoms with Crippen LogP contribution >= 0.6 is 23.2 Å². The molecule has 3 aromatic rings. The highest BCUT2D eigenvalue weighted by Gasteiger charge is 2.35. The Morgan fingerprint density at radius 1 is 1.08 bits per heavy atom. The Bertz CT molecular complexity index is 1270. The lowest BCUT2D eigenvalue weighted by atomic mass is 9.85. The number of anilines is 3. The van der Waals surface area contributed by atoms with Crippen molar-refractivity contribution in [3.63, 3.8) is 0 Å². The van der Waals surface area contributed by atoms with Crippen LogP contribution in [0.5, 0.6) is 0 Å². The minimum Gasteiger partial charge on any atom is -0.369 e. The molecule has 12 heteroatoms. The van der Waals surface area contributed by atoms with Crippen LogP contribution in [0.3, 0.4) is 0 Å². The van der Waals surface area contributed by atoms with Crippen LogP contribution in [0.2, 0.25) is 10.0 Å². The van der Waals surface area contributed by atoms with E-state index in [9.17, 15) is 13.6 Å². The number of hydrogen-bond acceptors (Lipinski definition) is 6. The van der Waals surface area contributed by atoms with Crippen molar-refractivity contribution < 1.29 is 13.6 Å². The van der Waals surface area contributed by atoms with Crippen LogP contribution in [0.15, 0.2) is 24.4 Å². The van der Waals surface area contributed by atoms with Gasteiger partial charge in [0.15, 0.2) is 5.65 Å². The number of benzene rings is 1. The number of aromatic nitrogens is 4. The lowest BCUT2D eigenvalue weighted by molar-refractivity contribution is -0.122. The molecule has 0 spiro atoms. The molecule has 0 aliphatic heterocycles. The van der Waals surface area contributed by atoms with Crippen molar-refractivity contribution >= 4 is 57.9 Å². The first kappa shape index (κ1) is 25.0. The van der Waals surface area contributed by atoms with Gasteiger partial charge < -0.3 is 16.4 Å². The number of carbonyl (C=O) groups excluding carboxylic acids is 1. The van der Waals surface area contributed by atoms with Gasteiger partial charge >= 0.3 is 0 Å². The highest BCUT2D eigenvalue weighted by atomic mass is 35.5. The van der Waals surface area contributed by atoms with E-state index in [1.165, 1.54) is 0 Å². The number of primary amides is 1. The lowest BCUT2D eigenvalue weighted by Gasteiger charge is -2.29. The van der Waals surface area contributed by atoms with Crippen LogP contribution in [0.1, 0.15) is 57.4 Å². The Kier molecular flexibility index (Phi) is 6.91. The third-order valence-corrected chi connectivity index (χ3v) is 7.67. The topological polar surface area (TPSA) is 111 Å². The molecule has 0 unspecified atom stereocenters. The standard InChI is InChI=1S/C24H27Cl2F2N7O/c25-14-3-6-18(17(26)11-14)32-23-33-19-12-30-22(31-15-7-9-24(27,28)10-8-15)34-21(19)35(23)16-4-1-13(2-5-16)20(29)36/h3,6,11-13,15-16H,1-2,4-5,7-10H2,(H2,29,36)(H,32,33)(H,30,31,34)/t13-,16+. The van der Waals surface area contributed by atoms with Gasteiger partial charge in [-0.1, -0.05) is 23.2 Å². The number of halogens is 4. The summed E-state index contributed by atoms with van der Waals surface area (Å²) in [6.07, 6.45) is 4.84. The molecule has 1 amide bonds. The van der Waals surface area contributed by atoms with Crippen molar-refractivity contribution in [1.29, 1.82) is 0 Å². The van der Waals surface area contributed by atoms with Gasteiger partial charge in [-0.3, -0.25) is 9.36 Å². The van der Waals surface area contributed by atoms with Crippen LogP contribution in [-0.4, -0.2) is 37.4 Å².